The van der Waals surface area contributed by atoms with E-state index in [4.69, 9.17) is 24.3 Å². The molecule has 0 aromatic rings. The van der Waals surface area contributed by atoms with Gasteiger partial charge in [0.1, 0.15) is 6.61 Å². The van der Waals surface area contributed by atoms with Crippen molar-refractivity contribution in [2.75, 3.05) is 26.4 Å². The van der Waals surface area contributed by atoms with E-state index in [0.29, 0.717) is 6.42 Å². The maximum atomic E-state index is 12.6. The van der Waals surface area contributed by atoms with Crippen molar-refractivity contribution >= 4 is 19.8 Å². The van der Waals surface area contributed by atoms with Gasteiger partial charge in [0.15, 0.2) is 6.10 Å². The van der Waals surface area contributed by atoms with Crippen LogP contribution in [-0.4, -0.2) is 49.3 Å². The Balaban J connectivity index is 3.99. The second-order valence-electron chi connectivity index (χ2n) is 16.0. The van der Waals surface area contributed by atoms with Gasteiger partial charge in [-0.3, -0.25) is 18.6 Å². The Morgan fingerprint density at radius 1 is 0.508 bits per heavy atom. The van der Waals surface area contributed by atoms with E-state index in [1.54, 1.807) is 0 Å². The zero-order valence-electron chi connectivity index (χ0n) is 38.0. The molecule has 0 saturated carbocycles. The number of nitrogens with two attached hydrogens (primary N) is 1. The van der Waals surface area contributed by atoms with Crippen molar-refractivity contribution in [3.05, 3.63) is 48.6 Å². The van der Waals surface area contributed by atoms with Gasteiger partial charge in [-0.05, 0) is 70.6 Å². The highest BCUT2D eigenvalue weighted by Gasteiger charge is 2.26. The van der Waals surface area contributed by atoms with Crippen LogP contribution in [0.15, 0.2) is 48.6 Å². The maximum absolute atomic E-state index is 12.6. The van der Waals surface area contributed by atoms with Gasteiger partial charge >= 0.3 is 19.8 Å². The quantitative estimate of drug-likeness (QED) is 0.0266. The fourth-order valence-electron chi connectivity index (χ4n) is 6.56. The molecule has 0 aliphatic carbocycles. The van der Waals surface area contributed by atoms with Crippen LogP contribution in [0.1, 0.15) is 219 Å². The summed E-state index contributed by atoms with van der Waals surface area (Å²) < 4.78 is 32.8. The first-order valence-electron chi connectivity index (χ1n) is 24.1. The molecule has 2 unspecified atom stereocenters. The summed E-state index contributed by atoms with van der Waals surface area (Å²) in [6.45, 7) is 3.68. The van der Waals surface area contributed by atoms with Crippen LogP contribution >= 0.6 is 7.82 Å². The molecule has 10 heteroatoms. The SMILES string of the molecule is CCCC/C=C\CCCCCCCC(=O)OCC(COP(=O)(O)OCCN)OC(=O)CCCCCCCCCCCCCC/C=C\C/C=C\C/C=C\CCCCCCC. The second kappa shape index (κ2) is 45.5. The molecular weight excluding hydrogens is 762 g/mol. The summed E-state index contributed by atoms with van der Waals surface area (Å²) in [5.41, 5.74) is 5.35. The van der Waals surface area contributed by atoms with Gasteiger partial charge in [0.2, 0.25) is 0 Å². The van der Waals surface area contributed by atoms with Crippen LogP contribution in [0, 0.1) is 0 Å². The minimum atomic E-state index is -4.38. The first-order valence-corrected chi connectivity index (χ1v) is 25.6. The summed E-state index contributed by atoms with van der Waals surface area (Å²) in [6, 6.07) is 0. The Morgan fingerprint density at radius 3 is 1.37 bits per heavy atom. The van der Waals surface area contributed by atoms with E-state index >= 15 is 0 Å². The zero-order valence-corrected chi connectivity index (χ0v) is 38.9. The molecule has 0 fully saturated rings. The number of esters is 2. The number of hydrogen-bond acceptors (Lipinski definition) is 8. The summed E-state index contributed by atoms with van der Waals surface area (Å²) in [5, 5.41) is 0. The van der Waals surface area contributed by atoms with Crippen LogP contribution in [0.5, 0.6) is 0 Å². The third kappa shape index (κ3) is 45.3. The summed E-state index contributed by atoms with van der Waals surface area (Å²) in [6.07, 6.45) is 53.0. The average Bonchev–Trinajstić information content (AvgIpc) is 3.22. The fourth-order valence-corrected chi connectivity index (χ4v) is 7.33. The topological polar surface area (TPSA) is 134 Å². The average molecular weight is 852 g/mol. The van der Waals surface area contributed by atoms with Crippen molar-refractivity contribution in [1.29, 1.82) is 0 Å². The number of carbonyl (C=O) groups is 2. The van der Waals surface area contributed by atoms with Crippen molar-refractivity contribution in [3.8, 4) is 0 Å². The number of phosphoric ester groups is 1. The highest BCUT2D eigenvalue weighted by Crippen LogP contribution is 2.43. The smallest absolute Gasteiger partial charge is 0.462 e. The predicted octanol–water partition coefficient (Wildman–Crippen LogP) is 14.3. The highest BCUT2D eigenvalue weighted by molar-refractivity contribution is 7.47. The number of carbonyl (C=O) groups excluding carboxylic acids is 2. The number of hydrogen-bond donors (Lipinski definition) is 2. The van der Waals surface area contributed by atoms with Crippen molar-refractivity contribution < 1.29 is 37.6 Å². The Hall–Kier alpha value is -2.03. The van der Waals surface area contributed by atoms with E-state index in [1.165, 1.54) is 109 Å². The van der Waals surface area contributed by atoms with Gasteiger partial charge in [-0.25, -0.2) is 4.57 Å². The Kier molecular flexibility index (Phi) is 43.9. The Morgan fingerprint density at radius 2 is 0.898 bits per heavy atom. The number of unbranched alkanes of at least 4 members (excludes halogenated alkanes) is 24. The van der Waals surface area contributed by atoms with Gasteiger partial charge in [-0.1, -0.05) is 184 Å². The molecule has 0 saturated heterocycles. The van der Waals surface area contributed by atoms with Crippen LogP contribution in [0.4, 0.5) is 0 Å². The number of ether oxygens (including phenoxy) is 2. The molecule has 3 N–H and O–H groups in total. The molecule has 0 spiro atoms. The molecule has 0 bridgehead atoms. The minimum Gasteiger partial charge on any atom is -0.462 e. The standard InChI is InChI=1S/C49H90NO8P/c1-3-5-7-9-11-13-15-16-17-18-19-20-21-22-23-24-25-26-27-28-29-30-32-34-36-38-40-42-49(52)58-47(46-57-59(53,54)56-44-43-50)45-55-48(51)41-39-37-35-33-31-14-12-10-8-6-4-2/h10,12,15-16,18-19,21-22,47H,3-9,11,13-14,17,20,23-46,50H2,1-2H3,(H,53,54)/b12-10-,16-15-,19-18-,22-21-. The molecule has 0 amide bonds. The van der Waals surface area contributed by atoms with Crippen molar-refractivity contribution in [1.82, 2.24) is 0 Å². The summed E-state index contributed by atoms with van der Waals surface area (Å²) in [5.74, 6) is -0.840. The van der Waals surface area contributed by atoms with Gasteiger partial charge in [0, 0.05) is 19.4 Å². The van der Waals surface area contributed by atoms with Crippen LogP contribution in [0.25, 0.3) is 0 Å². The molecule has 344 valence electrons. The van der Waals surface area contributed by atoms with Gasteiger partial charge in [0.05, 0.1) is 13.2 Å². The van der Waals surface area contributed by atoms with E-state index in [1.807, 2.05) is 0 Å². The van der Waals surface area contributed by atoms with Crippen LogP contribution in [-0.2, 0) is 32.7 Å². The van der Waals surface area contributed by atoms with Gasteiger partial charge in [-0.2, -0.15) is 0 Å². The molecular formula is C49H90NO8P. The largest absolute Gasteiger partial charge is 0.472 e. The third-order valence-corrected chi connectivity index (χ3v) is 11.2. The monoisotopic (exact) mass is 852 g/mol. The van der Waals surface area contributed by atoms with E-state index in [2.05, 4.69) is 62.5 Å². The Bertz CT molecular complexity index is 1110. The first kappa shape index (κ1) is 57.0. The normalized spacial score (nSPS) is 13.6. The van der Waals surface area contributed by atoms with E-state index < -0.39 is 32.5 Å². The van der Waals surface area contributed by atoms with Crippen LogP contribution in [0.2, 0.25) is 0 Å². The lowest BCUT2D eigenvalue weighted by Gasteiger charge is -2.19. The van der Waals surface area contributed by atoms with E-state index in [-0.39, 0.29) is 32.6 Å². The highest BCUT2D eigenvalue weighted by atomic mass is 31.2. The first-order chi connectivity index (χ1) is 28.8. The van der Waals surface area contributed by atoms with Crippen molar-refractivity contribution in [2.45, 2.75) is 225 Å². The van der Waals surface area contributed by atoms with Crippen LogP contribution < -0.4 is 5.73 Å². The number of allylic oxidation sites excluding steroid dienone is 8. The lowest BCUT2D eigenvalue weighted by Crippen LogP contribution is -2.29. The van der Waals surface area contributed by atoms with Gasteiger partial charge in [0.25, 0.3) is 0 Å². The minimum absolute atomic E-state index is 0.0512. The molecule has 0 aliphatic rings. The molecule has 0 aromatic carbocycles. The molecule has 9 nitrogen and oxygen atoms in total. The van der Waals surface area contributed by atoms with E-state index in [0.717, 1.165) is 77.0 Å². The van der Waals surface area contributed by atoms with Crippen molar-refractivity contribution in [2.24, 2.45) is 5.73 Å². The molecule has 59 heavy (non-hydrogen) atoms. The summed E-state index contributed by atoms with van der Waals surface area (Å²) >= 11 is 0. The molecule has 0 aliphatic heterocycles. The molecule has 0 radical (unpaired) electrons. The summed E-state index contributed by atoms with van der Waals surface area (Å²) in [4.78, 5) is 34.9. The molecule has 0 heterocycles. The zero-order chi connectivity index (χ0) is 43.2. The lowest BCUT2D eigenvalue weighted by atomic mass is 10.0. The van der Waals surface area contributed by atoms with Gasteiger partial charge < -0.3 is 20.1 Å². The lowest BCUT2D eigenvalue weighted by molar-refractivity contribution is -0.161. The van der Waals surface area contributed by atoms with Gasteiger partial charge in [-0.15, -0.1) is 0 Å². The predicted molar refractivity (Wildman–Crippen MR) is 247 cm³/mol. The van der Waals surface area contributed by atoms with Crippen molar-refractivity contribution in [3.63, 3.8) is 0 Å². The second-order valence-corrected chi connectivity index (χ2v) is 17.4. The number of rotatable bonds is 45. The fraction of sp³-hybridized carbons (Fsp3) is 0.796. The van der Waals surface area contributed by atoms with Crippen LogP contribution in [0.3, 0.4) is 0 Å². The maximum Gasteiger partial charge on any atom is 0.472 e. The Labute approximate surface area is 362 Å². The summed E-state index contributed by atoms with van der Waals surface area (Å²) in [7, 11) is -4.38. The molecule has 2 atom stereocenters. The van der Waals surface area contributed by atoms with E-state index in [9.17, 15) is 19.0 Å². The molecule has 0 aromatic heterocycles. The number of phosphoric acid groups is 1. The third-order valence-electron chi connectivity index (χ3n) is 10.2. The molecule has 0 rings (SSSR count).